The smallest absolute Gasteiger partial charge is 0.408 e. The summed E-state index contributed by atoms with van der Waals surface area (Å²) in [5.74, 6) is -1.22. The van der Waals surface area contributed by atoms with Gasteiger partial charge in [0.15, 0.2) is 5.58 Å². The van der Waals surface area contributed by atoms with Gasteiger partial charge in [-0.2, -0.15) is 0 Å². The predicted molar refractivity (Wildman–Crippen MR) is 96.9 cm³/mol. The monoisotopic (exact) mass is 395 g/mol. The van der Waals surface area contributed by atoms with Crippen molar-refractivity contribution in [2.75, 3.05) is 4.72 Å². The van der Waals surface area contributed by atoms with Crippen LogP contribution in [0.25, 0.3) is 11.1 Å². The van der Waals surface area contributed by atoms with Crippen LogP contribution in [0.1, 0.15) is 17.3 Å². The molecule has 2 aromatic carbocycles. The van der Waals surface area contributed by atoms with E-state index in [9.17, 15) is 18.0 Å². The minimum Gasteiger partial charge on any atom is -0.408 e. The highest BCUT2D eigenvalue weighted by atomic mass is 35.5. The molecule has 0 saturated carbocycles. The van der Waals surface area contributed by atoms with Crippen LogP contribution in [0, 0.1) is 0 Å². The molecule has 1 amide bonds. The van der Waals surface area contributed by atoms with Gasteiger partial charge in [0.25, 0.3) is 10.0 Å². The van der Waals surface area contributed by atoms with Crippen molar-refractivity contribution in [2.24, 2.45) is 5.73 Å². The number of nitrogens with zero attached hydrogens (tertiary/aromatic N) is 1. The predicted octanol–water partition coefficient (Wildman–Crippen LogP) is 2.17. The van der Waals surface area contributed by atoms with E-state index in [0.717, 1.165) is 0 Å². The second-order valence-electron chi connectivity index (χ2n) is 5.41. The molecule has 0 aliphatic heterocycles. The fourth-order valence-electron chi connectivity index (χ4n) is 2.48. The molecule has 3 N–H and O–H groups in total. The van der Waals surface area contributed by atoms with E-state index in [-0.39, 0.29) is 26.8 Å². The lowest BCUT2D eigenvalue weighted by molar-refractivity contribution is 0.100. The van der Waals surface area contributed by atoms with Crippen molar-refractivity contribution in [2.45, 2.75) is 18.4 Å². The fraction of sp³-hybridized carbons (Fsp3) is 0.125. The minimum absolute atomic E-state index is 0.0539. The second-order valence-corrected chi connectivity index (χ2v) is 7.47. The number of amides is 1. The quantitative estimate of drug-likeness (QED) is 0.684. The summed E-state index contributed by atoms with van der Waals surface area (Å²) in [4.78, 5) is 22.6. The maximum Gasteiger partial charge on any atom is 0.419 e. The molecule has 1 heterocycles. The first-order chi connectivity index (χ1) is 12.2. The van der Waals surface area contributed by atoms with Gasteiger partial charge in [-0.05, 0) is 37.3 Å². The molecule has 0 radical (unpaired) electrons. The molecule has 0 bridgehead atoms. The lowest BCUT2D eigenvalue weighted by Crippen LogP contribution is -2.14. The third kappa shape index (κ3) is 3.18. The Kier molecular flexibility index (Phi) is 4.51. The van der Waals surface area contributed by atoms with Gasteiger partial charge in [0.2, 0.25) is 5.91 Å². The molecular formula is C16H14ClN3O5S. The van der Waals surface area contributed by atoms with Crippen LogP contribution in [0.4, 0.5) is 5.69 Å². The summed E-state index contributed by atoms with van der Waals surface area (Å²) in [6.07, 6.45) is 0. The summed E-state index contributed by atoms with van der Waals surface area (Å²) in [7, 11) is -4.05. The van der Waals surface area contributed by atoms with E-state index in [1.165, 1.54) is 41.0 Å². The number of anilines is 1. The summed E-state index contributed by atoms with van der Waals surface area (Å²) in [6.45, 7) is 2.12. The zero-order valence-corrected chi connectivity index (χ0v) is 15.1. The first kappa shape index (κ1) is 18.0. The first-order valence-corrected chi connectivity index (χ1v) is 9.34. The molecule has 0 aliphatic rings. The van der Waals surface area contributed by atoms with E-state index < -0.39 is 21.7 Å². The SMILES string of the molecule is CCn1c(=O)oc2cc(S(=O)(=O)Nc3ccc(C(N)=O)cc3)c(Cl)cc21. The number of nitrogens with two attached hydrogens (primary N) is 1. The molecule has 3 rings (SSSR count). The van der Waals surface area contributed by atoms with Crippen LogP contribution >= 0.6 is 11.6 Å². The Bertz CT molecular complexity index is 1160. The summed E-state index contributed by atoms with van der Waals surface area (Å²) in [5, 5.41) is -0.0539. The molecule has 136 valence electrons. The Balaban J connectivity index is 2.02. The van der Waals surface area contributed by atoms with Crippen molar-refractivity contribution in [1.29, 1.82) is 0 Å². The van der Waals surface area contributed by atoms with Gasteiger partial charge in [-0.3, -0.25) is 14.1 Å². The lowest BCUT2D eigenvalue weighted by atomic mass is 10.2. The normalized spacial score (nSPS) is 11.6. The minimum atomic E-state index is -4.05. The van der Waals surface area contributed by atoms with Crippen LogP contribution in [0.15, 0.2) is 50.5 Å². The molecular weight excluding hydrogens is 382 g/mol. The zero-order valence-electron chi connectivity index (χ0n) is 13.5. The molecule has 0 spiro atoms. The van der Waals surface area contributed by atoms with Crippen LogP contribution < -0.4 is 16.2 Å². The van der Waals surface area contributed by atoms with Gasteiger partial charge in [-0.1, -0.05) is 11.6 Å². The van der Waals surface area contributed by atoms with Gasteiger partial charge in [-0.25, -0.2) is 13.2 Å². The number of aryl methyl sites for hydroxylation is 1. The number of halogens is 1. The highest BCUT2D eigenvalue weighted by Crippen LogP contribution is 2.29. The average Bonchev–Trinajstić information content (AvgIpc) is 2.88. The van der Waals surface area contributed by atoms with Crippen LogP contribution in [-0.2, 0) is 16.6 Å². The molecule has 1 aromatic heterocycles. The zero-order chi connectivity index (χ0) is 19.1. The van der Waals surface area contributed by atoms with E-state index in [0.29, 0.717) is 12.1 Å². The van der Waals surface area contributed by atoms with Crippen LogP contribution in [0.3, 0.4) is 0 Å². The van der Waals surface area contributed by atoms with Gasteiger partial charge in [0, 0.05) is 23.9 Å². The van der Waals surface area contributed by atoms with Gasteiger partial charge < -0.3 is 10.2 Å². The number of sulfonamides is 1. The first-order valence-electron chi connectivity index (χ1n) is 7.48. The van der Waals surface area contributed by atoms with Gasteiger partial charge in [0.05, 0.1) is 10.5 Å². The average molecular weight is 396 g/mol. The van der Waals surface area contributed by atoms with E-state index in [1.54, 1.807) is 6.92 Å². The number of carbonyl (C=O) groups excluding carboxylic acids is 1. The molecule has 3 aromatic rings. The van der Waals surface area contributed by atoms with Crippen molar-refractivity contribution in [3.05, 3.63) is 57.5 Å². The molecule has 0 unspecified atom stereocenters. The van der Waals surface area contributed by atoms with Gasteiger partial charge in [-0.15, -0.1) is 0 Å². The van der Waals surface area contributed by atoms with Crippen molar-refractivity contribution < 1.29 is 17.6 Å². The summed E-state index contributed by atoms with van der Waals surface area (Å²) in [5.41, 5.74) is 6.14. The highest BCUT2D eigenvalue weighted by Gasteiger charge is 2.22. The number of carbonyl (C=O) groups is 1. The Labute approximate surface area is 153 Å². The number of benzene rings is 2. The Morgan fingerprint density at radius 2 is 1.92 bits per heavy atom. The summed E-state index contributed by atoms with van der Waals surface area (Å²) >= 11 is 6.12. The van der Waals surface area contributed by atoms with Gasteiger partial charge in [0.1, 0.15) is 4.90 Å². The fourth-order valence-corrected chi connectivity index (χ4v) is 4.08. The Morgan fingerprint density at radius 1 is 1.27 bits per heavy atom. The number of nitrogens with one attached hydrogen (secondary N) is 1. The third-order valence-electron chi connectivity index (χ3n) is 3.75. The molecule has 0 fully saturated rings. The Morgan fingerprint density at radius 3 is 2.50 bits per heavy atom. The van der Waals surface area contributed by atoms with E-state index in [1.807, 2.05) is 0 Å². The van der Waals surface area contributed by atoms with Crippen molar-refractivity contribution >= 4 is 44.3 Å². The Hall–Kier alpha value is -2.78. The number of aromatic nitrogens is 1. The van der Waals surface area contributed by atoms with Crippen molar-refractivity contribution in [1.82, 2.24) is 4.57 Å². The molecule has 8 nitrogen and oxygen atoms in total. The standard InChI is InChI=1S/C16H14ClN3O5S/c1-2-20-12-7-11(17)14(8-13(12)25-16(20)22)26(23,24)19-10-5-3-9(4-6-10)15(18)21/h3-8,19H,2H2,1H3,(H2,18,21). The number of fused-ring (bicyclic) bond motifs is 1. The van der Waals surface area contributed by atoms with Crippen molar-refractivity contribution in [3.8, 4) is 0 Å². The number of rotatable bonds is 5. The second kappa shape index (κ2) is 6.50. The molecule has 10 heteroatoms. The maximum atomic E-state index is 12.6. The lowest BCUT2D eigenvalue weighted by Gasteiger charge is -2.10. The summed E-state index contributed by atoms with van der Waals surface area (Å²) in [6, 6.07) is 8.16. The maximum absolute atomic E-state index is 12.6. The number of oxazole rings is 1. The highest BCUT2D eigenvalue weighted by molar-refractivity contribution is 7.92. The van der Waals surface area contributed by atoms with E-state index in [2.05, 4.69) is 4.72 Å². The summed E-state index contributed by atoms with van der Waals surface area (Å²) < 4.78 is 34.0. The molecule has 26 heavy (non-hydrogen) atoms. The largest absolute Gasteiger partial charge is 0.419 e. The van der Waals surface area contributed by atoms with Crippen molar-refractivity contribution in [3.63, 3.8) is 0 Å². The topological polar surface area (TPSA) is 124 Å². The van der Waals surface area contributed by atoms with Crippen LogP contribution in [-0.4, -0.2) is 18.9 Å². The van der Waals surface area contributed by atoms with Crippen LogP contribution in [0.2, 0.25) is 5.02 Å². The molecule has 0 aliphatic carbocycles. The van der Waals surface area contributed by atoms with Gasteiger partial charge >= 0.3 is 5.76 Å². The number of primary amides is 1. The molecule has 0 saturated heterocycles. The van der Waals surface area contributed by atoms with Crippen LogP contribution in [0.5, 0.6) is 0 Å². The third-order valence-corrected chi connectivity index (χ3v) is 5.60. The number of hydrogen-bond acceptors (Lipinski definition) is 5. The van der Waals surface area contributed by atoms with E-state index >= 15 is 0 Å². The number of hydrogen-bond donors (Lipinski definition) is 2. The molecule has 0 atom stereocenters. The van der Waals surface area contributed by atoms with E-state index in [4.69, 9.17) is 21.8 Å².